The van der Waals surface area contributed by atoms with Gasteiger partial charge in [-0.2, -0.15) is 0 Å². The van der Waals surface area contributed by atoms with Crippen molar-refractivity contribution < 1.29 is 4.79 Å². The Balaban J connectivity index is 1.74. The van der Waals surface area contributed by atoms with E-state index >= 15 is 0 Å². The highest BCUT2D eigenvalue weighted by atomic mass is 16.1. The van der Waals surface area contributed by atoms with Gasteiger partial charge in [-0.15, -0.1) is 6.58 Å². The lowest BCUT2D eigenvalue weighted by Gasteiger charge is -2.07. The summed E-state index contributed by atoms with van der Waals surface area (Å²) in [5, 5.41) is 0. The number of unbranched alkanes of at least 4 members (excludes halogenated alkanes) is 3. The molecule has 0 saturated carbocycles. The van der Waals surface area contributed by atoms with Crippen molar-refractivity contribution in [1.82, 2.24) is 0 Å². The molecular formula is C17H22O. The van der Waals surface area contributed by atoms with Crippen molar-refractivity contribution in [3.8, 4) is 0 Å². The number of benzene rings is 1. The third-order valence-electron chi connectivity index (χ3n) is 3.84. The van der Waals surface area contributed by atoms with Crippen LogP contribution in [0.3, 0.4) is 0 Å². The van der Waals surface area contributed by atoms with Crippen LogP contribution < -0.4 is 0 Å². The molecule has 0 radical (unpaired) electrons. The van der Waals surface area contributed by atoms with E-state index < -0.39 is 0 Å². The number of carbonyl (C=O) groups excluding carboxylic acids is 1. The van der Waals surface area contributed by atoms with E-state index in [1.54, 1.807) is 0 Å². The van der Waals surface area contributed by atoms with E-state index in [-0.39, 0.29) is 5.92 Å². The minimum atomic E-state index is 0.252. The third kappa shape index (κ3) is 3.32. The maximum Gasteiger partial charge on any atom is 0.136 e. The van der Waals surface area contributed by atoms with Gasteiger partial charge >= 0.3 is 0 Å². The van der Waals surface area contributed by atoms with Crippen LogP contribution in [-0.4, -0.2) is 5.78 Å². The normalized spacial score (nSPS) is 14.4. The molecule has 0 fully saturated rings. The number of hydrogen-bond acceptors (Lipinski definition) is 1. The Bertz CT molecular complexity index is 394. The fraction of sp³-hybridized carbons (Fsp3) is 0.471. The van der Waals surface area contributed by atoms with Crippen molar-refractivity contribution in [3.63, 3.8) is 0 Å². The summed E-state index contributed by atoms with van der Waals surface area (Å²) in [5.41, 5.74) is 2.75. The summed E-state index contributed by atoms with van der Waals surface area (Å²) in [7, 11) is 0. The van der Waals surface area contributed by atoms with Crippen LogP contribution in [0.2, 0.25) is 0 Å². The zero-order valence-corrected chi connectivity index (χ0v) is 11.0. The van der Waals surface area contributed by atoms with Gasteiger partial charge < -0.3 is 0 Å². The Morgan fingerprint density at radius 2 is 1.83 bits per heavy atom. The molecule has 1 aromatic carbocycles. The first-order valence-corrected chi connectivity index (χ1v) is 7.01. The fourth-order valence-corrected chi connectivity index (χ4v) is 2.76. The molecule has 0 unspecified atom stereocenters. The van der Waals surface area contributed by atoms with E-state index in [2.05, 4.69) is 30.8 Å². The molecular weight excluding hydrogens is 220 g/mol. The number of carbonyl (C=O) groups is 1. The van der Waals surface area contributed by atoms with Crippen LogP contribution in [0, 0.1) is 5.92 Å². The highest BCUT2D eigenvalue weighted by Gasteiger charge is 2.26. The van der Waals surface area contributed by atoms with Crippen molar-refractivity contribution in [1.29, 1.82) is 0 Å². The molecule has 0 saturated heterocycles. The maximum atomic E-state index is 12.1. The van der Waals surface area contributed by atoms with Crippen LogP contribution in [0.4, 0.5) is 0 Å². The predicted molar refractivity (Wildman–Crippen MR) is 75.6 cm³/mol. The number of rotatable bonds is 7. The van der Waals surface area contributed by atoms with E-state index in [0.717, 1.165) is 38.5 Å². The first-order valence-electron chi connectivity index (χ1n) is 7.01. The second-order valence-electron chi connectivity index (χ2n) is 5.23. The van der Waals surface area contributed by atoms with Gasteiger partial charge in [-0.1, -0.05) is 36.8 Å². The lowest BCUT2D eigenvalue weighted by molar-refractivity contribution is -0.122. The first kappa shape index (κ1) is 13.1. The minimum Gasteiger partial charge on any atom is -0.299 e. The van der Waals surface area contributed by atoms with Crippen LogP contribution in [-0.2, 0) is 17.6 Å². The Morgan fingerprint density at radius 1 is 1.17 bits per heavy atom. The fourth-order valence-electron chi connectivity index (χ4n) is 2.76. The van der Waals surface area contributed by atoms with Gasteiger partial charge in [0.05, 0.1) is 0 Å². The molecule has 1 aromatic rings. The van der Waals surface area contributed by atoms with Gasteiger partial charge in [-0.25, -0.2) is 0 Å². The van der Waals surface area contributed by atoms with Crippen LogP contribution in [0.15, 0.2) is 36.9 Å². The van der Waals surface area contributed by atoms with E-state index in [1.807, 2.05) is 6.08 Å². The summed E-state index contributed by atoms with van der Waals surface area (Å²) < 4.78 is 0. The van der Waals surface area contributed by atoms with Crippen LogP contribution >= 0.6 is 0 Å². The molecule has 0 spiro atoms. The Morgan fingerprint density at radius 3 is 2.44 bits per heavy atom. The first-order chi connectivity index (χ1) is 8.81. The standard InChI is InChI=1S/C17H22O/c1-2-3-4-5-6-11-17(18)16-12-14-9-7-8-10-15(14)13-16/h2,7-10,16H,1,3-6,11-13H2. The maximum absolute atomic E-state index is 12.1. The summed E-state index contributed by atoms with van der Waals surface area (Å²) in [6, 6.07) is 8.46. The van der Waals surface area contributed by atoms with Crippen LogP contribution in [0.25, 0.3) is 0 Å². The zero-order chi connectivity index (χ0) is 12.8. The zero-order valence-electron chi connectivity index (χ0n) is 11.0. The average Bonchev–Trinajstić information content (AvgIpc) is 2.82. The number of fused-ring (bicyclic) bond motifs is 1. The summed E-state index contributed by atoms with van der Waals surface area (Å²) in [5.74, 6) is 0.714. The second kappa shape index (κ2) is 6.53. The second-order valence-corrected chi connectivity index (χ2v) is 5.23. The third-order valence-corrected chi connectivity index (χ3v) is 3.84. The lowest BCUT2D eigenvalue weighted by Crippen LogP contribution is -2.14. The molecule has 1 heteroatoms. The van der Waals surface area contributed by atoms with Gasteiger partial charge in [0, 0.05) is 12.3 Å². The van der Waals surface area contributed by atoms with Gasteiger partial charge in [-0.05, 0) is 43.2 Å². The van der Waals surface area contributed by atoms with Crippen LogP contribution in [0.5, 0.6) is 0 Å². The highest BCUT2D eigenvalue weighted by molar-refractivity contribution is 5.82. The summed E-state index contributed by atoms with van der Waals surface area (Å²) in [6.07, 6.45) is 9.07. The Labute approximate surface area is 110 Å². The molecule has 0 atom stereocenters. The Kier molecular flexibility index (Phi) is 4.74. The molecule has 0 N–H and O–H groups in total. The van der Waals surface area contributed by atoms with E-state index in [9.17, 15) is 4.79 Å². The van der Waals surface area contributed by atoms with Crippen molar-refractivity contribution in [2.45, 2.75) is 44.9 Å². The number of allylic oxidation sites excluding steroid dienone is 1. The molecule has 0 amide bonds. The molecule has 0 bridgehead atoms. The smallest absolute Gasteiger partial charge is 0.136 e. The molecule has 2 rings (SSSR count). The average molecular weight is 242 g/mol. The topological polar surface area (TPSA) is 17.1 Å². The molecule has 1 aliphatic rings. The van der Waals surface area contributed by atoms with Gasteiger partial charge in [0.25, 0.3) is 0 Å². The largest absolute Gasteiger partial charge is 0.299 e. The van der Waals surface area contributed by atoms with Gasteiger partial charge in [-0.3, -0.25) is 4.79 Å². The van der Waals surface area contributed by atoms with Crippen molar-refractivity contribution in [3.05, 3.63) is 48.0 Å². The summed E-state index contributed by atoms with van der Waals surface area (Å²) in [6.45, 7) is 3.71. The van der Waals surface area contributed by atoms with Crippen LogP contribution in [0.1, 0.15) is 43.2 Å². The SMILES string of the molecule is C=CCCCCCC(=O)C1Cc2ccccc2C1. The number of ketones is 1. The number of hydrogen-bond donors (Lipinski definition) is 0. The van der Waals surface area contributed by atoms with Crippen molar-refractivity contribution in [2.75, 3.05) is 0 Å². The summed E-state index contributed by atoms with van der Waals surface area (Å²) in [4.78, 5) is 12.1. The molecule has 1 nitrogen and oxygen atoms in total. The molecule has 0 heterocycles. The summed E-state index contributed by atoms with van der Waals surface area (Å²) >= 11 is 0. The quantitative estimate of drug-likeness (QED) is 0.519. The molecule has 18 heavy (non-hydrogen) atoms. The van der Waals surface area contributed by atoms with Gasteiger partial charge in [0.2, 0.25) is 0 Å². The van der Waals surface area contributed by atoms with E-state index in [1.165, 1.54) is 17.5 Å². The van der Waals surface area contributed by atoms with Gasteiger partial charge in [0.1, 0.15) is 5.78 Å². The van der Waals surface area contributed by atoms with Crippen molar-refractivity contribution in [2.24, 2.45) is 5.92 Å². The van der Waals surface area contributed by atoms with Crippen molar-refractivity contribution >= 4 is 5.78 Å². The van der Waals surface area contributed by atoms with Gasteiger partial charge in [0.15, 0.2) is 0 Å². The molecule has 96 valence electrons. The monoisotopic (exact) mass is 242 g/mol. The van der Waals surface area contributed by atoms with E-state index in [0.29, 0.717) is 5.78 Å². The Hall–Kier alpha value is -1.37. The number of Topliss-reactive ketones (excluding diaryl/α,β-unsaturated/α-hetero) is 1. The lowest BCUT2D eigenvalue weighted by atomic mass is 9.96. The van der Waals surface area contributed by atoms with E-state index in [4.69, 9.17) is 0 Å². The highest BCUT2D eigenvalue weighted by Crippen LogP contribution is 2.28. The molecule has 1 aliphatic carbocycles. The molecule has 0 aliphatic heterocycles. The predicted octanol–water partition coefficient (Wildman–Crippen LogP) is 4.11. The minimum absolute atomic E-state index is 0.252. The molecule has 0 aromatic heterocycles.